The van der Waals surface area contributed by atoms with Gasteiger partial charge in [0.25, 0.3) is 5.56 Å². The lowest BCUT2D eigenvalue weighted by Gasteiger charge is -2.15. The Kier molecular flexibility index (Phi) is 4.12. The molecule has 1 aliphatic rings. The zero-order valence-electron chi connectivity index (χ0n) is 9.42. The molecule has 104 valence electrons. The molecule has 1 saturated heterocycles. The average molecular weight is 309 g/mol. The smallest absolute Gasteiger partial charge is 0.330 e. The molecule has 3 N–H and O–H groups in total. The van der Waals surface area contributed by atoms with Crippen molar-refractivity contribution >= 4 is 23.2 Å². The summed E-state index contributed by atoms with van der Waals surface area (Å²) in [5, 5.41) is 19.0. The molecule has 0 aromatic carbocycles. The van der Waals surface area contributed by atoms with Crippen LogP contribution in [0.4, 0.5) is 0 Å². The number of halogens is 2. The minimum absolute atomic E-state index is 0.0523. The third kappa shape index (κ3) is 2.60. The molecule has 0 unspecified atom stereocenters. The fraction of sp³-hybridized carbons (Fsp3) is 0.400. The van der Waals surface area contributed by atoms with Crippen LogP contribution in [-0.2, 0) is 4.74 Å². The highest BCUT2D eigenvalue weighted by Gasteiger charge is 2.41. The highest BCUT2D eigenvalue weighted by molar-refractivity contribution is 6.56. The standard InChI is InChI=1S/C10H10Cl2N2O5/c11-8(12)6-7(17)4(3-15)19-9(6)14-2-1-5(16)13-10(14)18/h1-2,4,7,9,15,17H,3H2,(H,13,16,18)/t4-,7-,9-/m1/s1. The largest absolute Gasteiger partial charge is 0.394 e. The van der Waals surface area contributed by atoms with Gasteiger partial charge in [-0.1, -0.05) is 23.2 Å². The average Bonchev–Trinajstić information content (AvgIpc) is 2.66. The number of hydrogen-bond acceptors (Lipinski definition) is 5. The van der Waals surface area contributed by atoms with Crippen molar-refractivity contribution in [2.45, 2.75) is 18.4 Å². The molecule has 2 heterocycles. The van der Waals surface area contributed by atoms with Gasteiger partial charge >= 0.3 is 5.69 Å². The molecule has 7 nitrogen and oxygen atoms in total. The van der Waals surface area contributed by atoms with E-state index < -0.39 is 36.3 Å². The summed E-state index contributed by atoms with van der Waals surface area (Å²) in [5.41, 5.74) is -1.26. The number of nitrogens with zero attached hydrogens (tertiary/aromatic N) is 1. The summed E-state index contributed by atoms with van der Waals surface area (Å²) in [6.45, 7) is -0.472. The Balaban J connectivity index is 2.52. The molecule has 3 atom stereocenters. The van der Waals surface area contributed by atoms with Gasteiger partial charge in [0.1, 0.15) is 16.7 Å². The number of rotatable bonds is 2. The van der Waals surface area contributed by atoms with Crippen LogP contribution in [-0.4, -0.2) is 38.6 Å². The highest BCUT2D eigenvalue weighted by Crippen LogP contribution is 2.37. The van der Waals surface area contributed by atoms with Gasteiger partial charge in [0, 0.05) is 17.8 Å². The number of H-pyrrole nitrogens is 1. The first-order chi connectivity index (χ1) is 8.95. The maximum atomic E-state index is 11.7. The van der Waals surface area contributed by atoms with E-state index in [1.54, 1.807) is 0 Å². The Morgan fingerprint density at radius 3 is 2.68 bits per heavy atom. The molecule has 0 saturated carbocycles. The van der Waals surface area contributed by atoms with Crippen molar-refractivity contribution in [3.8, 4) is 0 Å². The van der Waals surface area contributed by atoms with Gasteiger partial charge in [-0.3, -0.25) is 14.3 Å². The third-order valence-electron chi connectivity index (χ3n) is 2.74. The molecule has 1 aromatic rings. The maximum Gasteiger partial charge on any atom is 0.330 e. The summed E-state index contributed by atoms with van der Waals surface area (Å²) in [6.07, 6.45) is -2.08. The van der Waals surface area contributed by atoms with Crippen molar-refractivity contribution < 1.29 is 14.9 Å². The lowest BCUT2D eigenvalue weighted by Crippen LogP contribution is -2.32. The molecule has 0 bridgehead atoms. The van der Waals surface area contributed by atoms with Gasteiger partial charge in [0.15, 0.2) is 6.23 Å². The van der Waals surface area contributed by atoms with Crippen LogP contribution in [0.1, 0.15) is 6.23 Å². The van der Waals surface area contributed by atoms with E-state index in [4.69, 9.17) is 33.0 Å². The van der Waals surface area contributed by atoms with Gasteiger partial charge < -0.3 is 14.9 Å². The molecule has 1 aromatic heterocycles. The molecule has 0 aliphatic carbocycles. The number of nitrogens with one attached hydrogen (secondary N) is 1. The molecule has 0 radical (unpaired) electrons. The van der Waals surface area contributed by atoms with Crippen LogP contribution in [0, 0.1) is 0 Å². The molecule has 9 heteroatoms. The fourth-order valence-corrected chi connectivity index (χ4v) is 2.25. The van der Waals surface area contributed by atoms with Crippen molar-refractivity contribution in [1.82, 2.24) is 9.55 Å². The second kappa shape index (κ2) is 5.48. The maximum absolute atomic E-state index is 11.7. The van der Waals surface area contributed by atoms with Crippen LogP contribution in [0.3, 0.4) is 0 Å². The van der Waals surface area contributed by atoms with Crippen LogP contribution in [0.15, 0.2) is 31.9 Å². The van der Waals surface area contributed by atoms with E-state index in [0.717, 1.165) is 10.6 Å². The van der Waals surface area contributed by atoms with E-state index in [0.29, 0.717) is 0 Å². The number of aliphatic hydroxyl groups excluding tert-OH is 2. The Labute approximate surface area is 116 Å². The van der Waals surface area contributed by atoms with Gasteiger partial charge in [-0.2, -0.15) is 0 Å². The van der Waals surface area contributed by atoms with Gasteiger partial charge in [-0.25, -0.2) is 4.79 Å². The normalized spacial score (nSPS) is 26.7. The summed E-state index contributed by atoms with van der Waals surface area (Å²) in [5.74, 6) is 0. The van der Waals surface area contributed by atoms with Crippen molar-refractivity contribution in [2.75, 3.05) is 6.61 Å². The Hall–Kier alpha value is -1.12. The fourth-order valence-electron chi connectivity index (χ4n) is 1.84. The third-order valence-corrected chi connectivity index (χ3v) is 3.18. The van der Waals surface area contributed by atoms with Gasteiger partial charge in [-0.05, 0) is 0 Å². The van der Waals surface area contributed by atoms with Gasteiger partial charge in [0.05, 0.1) is 6.61 Å². The van der Waals surface area contributed by atoms with E-state index in [1.165, 1.54) is 6.20 Å². The van der Waals surface area contributed by atoms with E-state index in [-0.39, 0.29) is 10.1 Å². The van der Waals surface area contributed by atoms with E-state index in [1.807, 2.05) is 4.98 Å². The molecular weight excluding hydrogens is 299 g/mol. The molecule has 1 aliphatic heterocycles. The van der Waals surface area contributed by atoms with E-state index in [9.17, 15) is 14.7 Å². The first-order valence-corrected chi connectivity index (χ1v) is 6.02. The first kappa shape index (κ1) is 14.3. The minimum Gasteiger partial charge on any atom is -0.394 e. The first-order valence-electron chi connectivity index (χ1n) is 5.26. The van der Waals surface area contributed by atoms with Crippen LogP contribution >= 0.6 is 23.2 Å². The molecule has 0 amide bonds. The van der Waals surface area contributed by atoms with Crippen molar-refractivity contribution in [3.63, 3.8) is 0 Å². The predicted octanol–water partition coefficient (Wildman–Crippen LogP) is -0.524. The topological polar surface area (TPSA) is 105 Å². The molecular formula is C10H10Cl2N2O5. The Morgan fingerprint density at radius 2 is 2.16 bits per heavy atom. The number of hydrogen-bond donors (Lipinski definition) is 3. The summed E-state index contributed by atoms with van der Waals surface area (Å²) in [6, 6.07) is 1.11. The minimum atomic E-state index is -1.24. The summed E-state index contributed by atoms with van der Waals surface area (Å²) in [4.78, 5) is 24.7. The second-order valence-corrected chi connectivity index (χ2v) is 4.84. The number of aromatic nitrogens is 2. The van der Waals surface area contributed by atoms with Gasteiger partial charge in [-0.15, -0.1) is 0 Å². The number of aliphatic hydroxyl groups is 2. The second-order valence-electron chi connectivity index (χ2n) is 3.89. The zero-order valence-corrected chi connectivity index (χ0v) is 10.9. The van der Waals surface area contributed by atoms with Crippen LogP contribution < -0.4 is 11.2 Å². The zero-order chi connectivity index (χ0) is 14.2. The summed E-state index contributed by atoms with van der Waals surface area (Å²) >= 11 is 11.3. The molecule has 1 fully saturated rings. The van der Waals surface area contributed by atoms with Crippen LogP contribution in [0.5, 0.6) is 0 Å². The SMILES string of the molecule is O=c1ccn([C@@H]2O[C@H](CO)[C@@H](O)C2=C(Cl)Cl)c(=O)[nH]1. The van der Waals surface area contributed by atoms with Crippen molar-refractivity contribution in [2.24, 2.45) is 0 Å². The number of aromatic amines is 1. The van der Waals surface area contributed by atoms with Crippen LogP contribution in [0.2, 0.25) is 0 Å². The quantitative estimate of drug-likeness (QED) is 0.682. The van der Waals surface area contributed by atoms with Crippen molar-refractivity contribution in [3.05, 3.63) is 43.2 Å². The summed E-state index contributed by atoms with van der Waals surface area (Å²) < 4.78 is 6.07. The van der Waals surface area contributed by atoms with Crippen molar-refractivity contribution in [1.29, 1.82) is 0 Å². The monoisotopic (exact) mass is 308 g/mol. The van der Waals surface area contributed by atoms with E-state index in [2.05, 4.69) is 0 Å². The highest BCUT2D eigenvalue weighted by atomic mass is 35.5. The summed E-state index contributed by atoms with van der Waals surface area (Å²) in [7, 11) is 0. The van der Waals surface area contributed by atoms with Gasteiger partial charge in [0.2, 0.25) is 0 Å². The van der Waals surface area contributed by atoms with E-state index >= 15 is 0 Å². The predicted molar refractivity (Wildman–Crippen MR) is 67.1 cm³/mol. The molecule has 0 spiro atoms. The Morgan fingerprint density at radius 1 is 1.47 bits per heavy atom. The lowest BCUT2D eigenvalue weighted by molar-refractivity contribution is -0.0447. The van der Waals surface area contributed by atoms with Crippen LogP contribution in [0.25, 0.3) is 0 Å². The number of ether oxygens (including phenoxy) is 1. The molecule has 2 rings (SSSR count). The lowest BCUT2D eigenvalue weighted by atomic mass is 10.1. The molecule has 19 heavy (non-hydrogen) atoms. The Bertz CT molecular complexity index is 619.